The van der Waals surface area contributed by atoms with Crippen LogP contribution in [0.15, 0.2) is 15.7 Å². The zero-order valence-electron chi connectivity index (χ0n) is 13.4. The summed E-state index contributed by atoms with van der Waals surface area (Å²) in [4.78, 5) is 37.3. The number of nitrogens with two attached hydrogens (primary N) is 1. The summed E-state index contributed by atoms with van der Waals surface area (Å²) in [5.74, 6) is -1.94. The first-order valence-corrected chi connectivity index (χ1v) is 8.99. The molecule has 0 saturated carbocycles. The minimum atomic E-state index is -4.84. The number of nitrogens with one attached hydrogen (secondary N) is 1. The van der Waals surface area contributed by atoms with Gasteiger partial charge in [-0.3, -0.25) is 14.1 Å². The topological polar surface area (TPSA) is 186 Å². The van der Waals surface area contributed by atoms with Crippen LogP contribution in [-0.2, 0) is 29.6 Å². The van der Waals surface area contributed by atoms with E-state index in [1.165, 1.54) is 19.6 Å². The van der Waals surface area contributed by atoms with Gasteiger partial charge in [0.15, 0.2) is 10.8 Å². The van der Waals surface area contributed by atoms with Gasteiger partial charge in [0.05, 0.1) is 6.21 Å². The number of nitrogens with zero attached hydrogens (tertiary/aromatic N) is 4. The van der Waals surface area contributed by atoms with Gasteiger partial charge in [-0.2, -0.15) is 8.42 Å². The fourth-order valence-electron chi connectivity index (χ4n) is 2.07. The fraction of sp³-hybridized carbons (Fsp3) is 0.364. The van der Waals surface area contributed by atoms with Crippen LogP contribution >= 0.6 is 11.3 Å². The van der Waals surface area contributed by atoms with Crippen LogP contribution in [-0.4, -0.2) is 72.3 Å². The molecular weight excluding hydrogens is 392 g/mol. The molecule has 13 nitrogen and oxygen atoms in total. The fourth-order valence-corrected chi connectivity index (χ4v) is 3.44. The predicted octanol–water partition coefficient (Wildman–Crippen LogP) is -1.79. The average Bonchev–Trinajstić information content (AvgIpc) is 2.98. The first kappa shape index (κ1) is 19.5. The Hall–Kier alpha value is -2.78. The number of nitrogen functional groups attached to an aromatic ring is 1. The monoisotopic (exact) mass is 406 g/mol. The van der Waals surface area contributed by atoms with Gasteiger partial charge in [-0.15, -0.1) is 11.3 Å². The lowest BCUT2D eigenvalue weighted by Crippen LogP contribution is -2.73. The van der Waals surface area contributed by atoms with Crippen molar-refractivity contribution in [2.75, 3.05) is 20.0 Å². The Morgan fingerprint density at radius 1 is 1.50 bits per heavy atom. The highest BCUT2D eigenvalue weighted by Crippen LogP contribution is 2.23. The molecular formula is C11H14N6O7S2. The van der Waals surface area contributed by atoms with Gasteiger partial charge >= 0.3 is 10.3 Å². The van der Waals surface area contributed by atoms with Crippen molar-refractivity contribution in [2.45, 2.75) is 12.1 Å². The van der Waals surface area contributed by atoms with E-state index in [-0.39, 0.29) is 20.8 Å². The average molecular weight is 406 g/mol. The van der Waals surface area contributed by atoms with Gasteiger partial charge in [-0.25, -0.2) is 9.29 Å². The second kappa shape index (κ2) is 7.63. The maximum absolute atomic E-state index is 12.4. The summed E-state index contributed by atoms with van der Waals surface area (Å²) < 4.78 is 31.8. The van der Waals surface area contributed by atoms with Gasteiger partial charge in [-0.05, 0) is 0 Å². The maximum Gasteiger partial charge on any atom is 0.362 e. The molecule has 2 atom stereocenters. The lowest BCUT2D eigenvalue weighted by molar-refractivity contribution is -0.141. The summed E-state index contributed by atoms with van der Waals surface area (Å²) in [7, 11) is -2.45. The Bertz CT molecular complexity index is 864. The summed E-state index contributed by atoms with van der Waals surface area (Å²) in [5, 5.41) is 10.8. The molecule has 15 heteroatoms. The van der Waals surface area contributed by atoms with Gasteiger partial charge in [0.1, 0.15) is 32.0 Å². The van der Waals surface area contributed by atoms with Gasteiger partial charge < -0.3 is 20.7 Å². The lowest BCUT2D eigenvalue weighted by Gasteiger charge is -2.41. The summed E-state index contributed by atoms with van der Waals surface area (Å²) in [6.45, 7) is 0. The summed E-state index contributed by atoms with van der Waals surface area (Å²) in [6, 6.07) is -2.62. The van der Waals surface area contributed by atoms with Crippen molar-refractivity contribution in [3.8, 4) is 0 Å². The highest BCUT2D eigenvalue weighted by molar-refractivity contribution is 7.84. The number of thiazole rings is 1. The molecule has 4 N–H and O–H groups in total. The highest BCUT2D eigenvalue weighted by Gasteiger charge is 2.53. The van der Waals surface area contributed by atoms with E-state index in [1.807, 2.05) is 0 Å². The third-order valence-corrected chi connectivity index (χ3v) is 4.71. The van der Waals surface area contributed by atoms with Crippen LogP contribution in [0.4, 0.5) is 5.13 Å². The summed E-state index contributed by atoms with van der Waals surface area (Å²) >= 11 is 1.06. The van der Waals surface area contributed by atoms with Crippen LogP contribution < -0.4 is 11.1 Å². The van der Waals surface area contributed by atoms with Crippen molar-refractivity contribution in [3.05, 3.63) is 11.1 Å². The smallest absolute Gasteiger partial charge is 0.362 e. The zero-order valence-corrected chi connectivity index (χ0v) is 15.0. The molecule has 1 saturated heterocycles. The molecule has 0 aromatic carbocycles. The van der Waals surface area contributed by atoms with Gasteiger partial charge in [0, 0.05) is 5.38 Å². The van der Waals surface area contributed by atoms with Gasteiger partial charge in [0.2, 0.25) is 0 Å². The number of hydrogen-bond acceptors (Lipinski definition) is 11. The molecule has 2 heterocycles. The van der Waals surface area contributed by atoms with E-state index in [0.29, 0.717) is 0 Å². The SMILES string of the molecule is CON=C[C@@H]1[C@H](NC(=O)/C(=N\OC)c2csc(N)n2)C(=O)N1S(=O)(=O)O. The molecule has 0 aliphatic carbocycles. The van der Waals surface area contributed by atoms with Crippen molar-refractivity contribution in [3.63, 3.8) is 0 Å². The molecule has 1 fully saturated rings. The first-order valence-electron chi connectivity index (χ1n) is 6.71. The number of amides is 2. The molecule has 0 bridgehead atoms. The number of aromatic nitrogens is 1. The predicted molar refractivity (Wildman–Crippen MR) is 89.7 cm³/mol. The number of β-lactam (4-membered cyclic amide) rings is 1. The highest BCUT2D eigenvalue weighted by atomic mass is 32.2. The summed E-state index contributed by atoms with van der Waals surface area (Å²) in [5.41, 5.74) is 5.34. The Balaban J connectivity index is 2.24. The number of anilines is 1. The van der Waals surface area contributed by atoms with E-state index in [4.69, 9.17) is 10.3 Å². The molecule has 1 aromatic rings. The zero-order chi connectivity index (χ0) is 19.5. The van der Waals surface area contributed by atoms with Gasteiger partial charge in [-0.1, -0.05) is 10.3 Å². The maximum atomic E-state index is 12.4. The number of hydrogen-bond donors (Lipinski definition) is 3. The molecule has 2 amide bonds. The van der Waals surface area contributed by atoms with Crippen molar-refractivity contribution in [1.29, 1.82) is 0 Å². The Labute approximate surface area is 151 Å². The third kappa shape index (κ3) is 3.89. The van der Waals surface area contributed by atoms with Crippen LogP contribution in [0.25, 0.3) is 0 Å². The Morgan fingerprint density at radius 2 is 2.19 bits per heavy atom. The van der Waals surface area contributed by atoms with Crippen LogP contribution in [0.2, 0.25) is 0 Å². The van der Waals surface area contributed by atoms with E-state index in [9.17, 15) is 18.0 Å². The second-order valence-corrected chi connectivity index (χ2v) is 6.86. The molecule has 1 aliphatic rings. The van der Waals surface area contributed by atoms with E-state index in [1.54, 1.807) is 0 Å². The normalized spacial score (nSPS) is 20.8. The van der Waals surface area contributed by atoms with Crippen LogP contribution in [0, 0.1) is 0 Å². The minimum Gasteiger partial charge on any atom is -0.399 e. The van der Waals surface area contributed by atoms with Crippen molar-refractivity contribution >= 4 is 50.5 Å². The molecule has 0 unspecified atom stereocenters. The molecule has 2 rings (SSSR count). The molecule has 142 valence electrons. The standard InChI is InChI=1S/C11H14N6O7S2/c1-23-13-3-6-8(10(19)17(6)26(20,21)22)15-9(18)7(16-24-2)5-4-25-11(12)14-5/h3-4,6,8H,1-2H3,(H2,12,14)(H,15,18)(H,20,21,22)/b13-3?,16-7-/t6-,8+/m1/s1. The molecule has 0 radical (unpaired) electrons. The van der Waals surface area contributed by atoms with Crippen molar-refractivity contribution < 1.29 is 32.2 Å². The number of rotatable bonds is 7. The molecule has 26 heavy (non-hydrogen) atoms. The second-order valence-electron chi connectivity index (χ2n) is 4.68. The van der Waals surface area contributed by atoms with Gasteiger partial charge in [0.25, 0.3) is 11.8 Å². The molecule has 0 spiro atoms. The lowest BCUT2D eigenvalue weighted by atomic mass is 9.99. The quantitative estimate of drug-likeness (QED) is 0.203. The van der Waals surface area contributed by atoms with Crippen molar-refractivity contribution in [2.24, 2.45) is 10.3 Å². The summed E-state index contributed by atoms with van der Waals surface area (Å²) in [6.07, 6.45) is 0.939. The van der Waals surface area contributed by atoms with Crippen LogP contribution in [0.5, 0.6) is 0 Å². The number of oxime groups is 2. The third-order valence-electron chi connectivity index (χ3n) is 3.11. The van der Waals surface area contributed by atoms with Crippen molar-refractivity contribution in [1.82, 2.24) is 14.6 Å². The number of carbonyl (C=O) groups excluding carboxylic acids is 2. The molecule has 1 aromatic heterocycles. The number of carbonyl (C=O) groups is 2. The van der Waals surface area contributed by atoms with Crippen LogP contribution in [0.1, 0.15) is 5.69 Å². The van der Waals surface area contributed by atoms with E-state index in [0.717, 1.165) is 17.6 Å². The van der Waals surface area contributed by atoms with E-state index in [2.05, 4.69) is 30.3 Å². The van der Waals surface area contributed by atoms with E-state index < -0.39 is 34.2 Å². The molecule has 1 aliphatic heterocycles. The Kier molecular flexibility index (Phi) is 5.73. The van der Waals surface area contributed by atoms with Crippen LogP contribution in [0.3, 0.4) is 0 Å². The van der Waals surface area contributed by atoms with E-state index >= 15 is 0 Å². The Morgan fingerprint density at radius 3 is 2.69 bits per heavy atom. The minimum absolute atomic E-state index is 0.104. The largest absolute Gasteiger partial charge is 0.399 e. The first-order chi connectivity index (χ1) is 12.2.